The summed E-state index contributed by atoms with van der Waals surface area (Å²) in [5.41, 5.74) is 2.32. The molecule has 0 aromatic heterocycles. The average molecular weight is 352 g/mol. The van der Waals surface area contributed by atoms with Gasteiger partial charge in [-0.1, -0.05) is 36.4 Å². The minimum Gasteiger partial charge on any atom is -0.271 e. The highest BCUT2D eigenvalue weighted by atomic mass is 19.1. The molecule has 2 aliphatic rings. The summed E-state index contributed by atoms with van der Waals surface area (Å²) >= 11 is 0. The van der Waals surface area contributed by atoms with Crippen LogP contribution in [0.25, 0.3) is 0 Å². The van der Waals surface area contributed by atoms with Gasteiger partial charge in [-0.25, -0.2) is 9.29 Å². The first-order chi connectivity index (χ1) is 12.6. The molecular weight excluding hydrogens is 335 g/mol. The van der Waals surface area contributed by atoms with Crippen molar-refractivity contribution in [1.82, 2.24) is 5.01 Å². The number of nitrogens with zero attached hydrogens (tertiary/aromatic N) is 4. The van der Waals surface area contributed by atoms with Crippen molar-refractivity contribution in [2.45, 2.75) is 32.0 Å². The Balaban J connectivity index is 1.58. The zero-order valence-corrected chi connectivity index (χ0v) is 14.2. The van der Waals surface area contributed by atoms with E-state index in [1.807, 2.05) is 19.1 Å². The highest BCUT2D eigenvalue weighted by Crippen LogP contribution is 2.32. The fourth-order valence-corrected chi connectivity index (χ4v) is 3.31. The van der Waals surface area contributed by atoms with Crippen molar-refractivity contribution < 1.29 is 14.0 Å². The molecule has 2 aromatic rings. The van der Waals surface area contributed by atoms with Gasteiger partial charge in [-0.3, -0.25) is 14.6 Å². The lowest BCUT2D eigenvalue weighted by Gasteiger charge is -2.20. The van der Waals surface area contributed by atoms with Crippen LogP contribution in [-0.4, -0.2) is 28.9 Å². The first-order valence-corrected chi connectivity index (χ1v) is 8.47. The molecule has 0 N–H and O–H groups in total. The van der Waals surface area contributed by atoms with E-state index >= 15 is 0 Å². The maximum Gasteiger partial charge on any atom is 0.263 e. The molecule has 0 aliphatic carbocycles. The van der Waals surface area contributed by atoms with E-state index < -0.39 is 12.1 Å². The third-order valence-corrected chi connectivity index (χ3v) is 4.69. The molecule has 0 unspecified atom stereocenters. The van der Waals surface area contributed by atoms with Gasteiger partial charge in [0.05, 0.1) is 12.2 Å². The van der Waals surface area contributed by atoms with Gasteiger partial charge in [-0.2, -0.15) is 5.11 Å². The van der Waals surface area contributed by atoms with E-state index in [2.05, 4.69) is 10.3 Å². The Morgan fingerprint density at radius 3 is 2.50 bits per heavy atom. The average Bonchev–Trinajstić information content (AvgIpc) is 3.16. The van der Waals surface area contributed by atoms with Crippen LogP contribution in [0.3, 0.4) is 0 Å². The molecular formula is C19H17FN4O2. The lowest BCUT2D eigenvalue weighted by atomic mass is 10.1. The maximum absolute atomic E-state index is 13.4. The molecule has 2 aromatic carbocycles. The van der Waals surface area contributed by atoms with E-state index in [4.69, 9.17) is 0 Å². The Bertz CT molecular complexity index is 897. The van der Waals surface area contributed by atoms with E-state index in [0.717, 1.165) is 12.0 Å². The van der Waals surface area contributed by atoms with Crippen molar-refractivity contribution in [3.8, 4) is 0 Å². The smallest absolute Gasteiger partial charge is 0.263 e. The van der Waals surface area contributed by atoms with Gasteiger partial charge in [0.15, 0.2) is 12.1 Å². The van der Waals surface area contributed by atoms with Crippen molar-refractivity contribution in [3.63, 3.8) is 0 Å². The number of rotatable bonds is 4. The Morgan fingerprint density at radius 2 is 1.81 bits per heavy atom. The van der Waals surface area contributed by atoms with Gasteiger partial charge in [-0.15, -0.1) is 0 Å². The molecule has 2 heterocycles. The highest BCUT2D eigenvalue weighted by molar-refractivity contribution is 6.25. The fourth-order valence-electron chi connectivity index (χ4n) is 3.31. The molecule has 6 nitrogen and oxygen atoms in total. The van der Waals surface area contributed by atoms with Crippen LogP contribution >= 0.6 is 0 Å². The first kappa shape index (κ1) is 16.4. The molecule has 1 saturated heterocycles. The summed E-state index contributed by atoms with van der Waals surface area (Å²) in [5, 5.41) is 9.41. The number of amides is 2. The summed E-state index contributed by atoms with van der Waals surface area (Å²) < 4.78 is 13.4. The summed E-state index contributed by atoms with van der Waals surface area (Å²) in [4.78, 5) is 26.7. The van der Waals surface area contributed by atoms with Gasteiger partial charge < -0.3 is 0 Å². The number of imide groups is 1. The monoisotopic (exact) mass is 352 g/mol. The number of carbonyl (C=O) groups excluding carboxylic acids is 2. The maximum atomic E-state index is 13.4. The summed E-state index contributed by atoms with van der Waals surface area (Å²) in [5.74, 6) is -1.10. The normalized spacial score (nSPS) is 21.6. The van der Waals surface area contributed by atoms with Gasteiger partial charge in [0.1, 0.15) is 5.82 Å². The summed E-state index contributed by atoms with van der Waals surface area (Å²) in [6.45, 7) is 2.25. The number of hydrogen-bond acceptors (Lipinski definition) is 5. The third kappa shape index (κ3) is 2.65. The lowest BCUT2D eigenvalue weighted by molar-refractivity contribution is -0.123. The van der Waals surface area contributed by atoms with Gasteiger partial charge in [-0.05, 0) is 41.8 Å². The Hall–Kier alpha value is -3.09. The zero-order valence-electron chi connectivity index (χ0n) is 14.2. The van der Waals surface area contributed by atoms with Crippen molar-refractivity contribution >= 4 is 17.5 Å². The standard InChI is InChI=1S/C19H17FN4O2/c1-2-12-6-8-15(9-7-12)24-18(25)16-17(19(24)26)23(22-21-16)11-13-4-3-5-14(20)10-13/h3-10,16-17H,2,11H2,1H3/t16-,17+/m1/s1. The van der Waals surface area contributed by atoms with E-state index in [1.54, 1.807) is 24.3 Å². The number of hydrogen-bond donors (Lipinski definition) is 0. The predicted molar refractivity (Wildman–Crippen MR) is 92.7 cm³/mol. The molecule has 2 amide bonds. The van der Waals surface area contributed by atoms with Crippen molar-refractivity contribution in [2.24, 2.45) is 10.3 Å². The number of aryl methyl sites for hydroxylation is 1. The lowest BCUT2D eigenvalue weighted by Crippen LogP contribution is -2.39. The molecule has 0 radical (unpaired) electrons. The van der Waals surface area contributed by atoms with Gasteiger partial charge in [0.25, 0.3) is 11.8 Å². The van der Waals surface area contributed by atoms with Crippen molar-refractivity contribution in [2.75, 3.05) is 4.90 Å². The van der Waals surface area contributed by atoms with Crippen LogP contribution in [0.1, 0.15) is 18.1 Å². The number of anilines is 1. The predicted octanol–water partition coefficient (Wildman–Crippen LogP) is 2.88. The zero-order chi connectivity index (χ0) is 18.3. The van der Waals surface area contributed by atoms with Crippen molar-refractivity contribution in [1.29, 1.82) is 0 Å². The molecule has 0 saturated carbocycles. The first-order valence-electron chi connectivity index (χ1n) is 8.47. The van der Waals surface area contributed by atoms with Crippen molar-refractivity contribution in [3.05, 3.63) is 65.5 Å². The van der Waals surface area contributed by atoms with Crippen LogP contribution in [0, 0.1) is 5.82 Å². The fraction of sp³-hybridized carbons (Fsp3) is 0.263. The van der Waals surface area contributed by atoms with E-state index in [0.29, 0.717) is 11.3 Å². The minimum absolute atomic E-state index is 0.212. The topological polar surface area (TPSA) is 65.3 Å². The molecule has 0 spiro atoms. The van der Waals surface area contributed by atoms with E-state index in [1.165, 1.54) is 22.0 Å². The van der Waals surface area contributed by atoms with Crippen LogP contribution in [0.4, 0.5) is 10.1 Å². The molecule has 2 atom stereocenters. The molecule has 2 aliphatic heterocycles. The van der Waals surface area contributed by atoms with Crippen LogP contribution < -0.4 is 4.90 Å². The summed E-state index contributed by atoms with van der Waals surface area (Å²) in [6, 6.07) is 11.8. The third-order valence-electron chi connectivity index (χ3n) is 4.69. The highest BCUT2D eigenvalue weighted by Gasteiger charge is 2.54. The largest absolute Gasteiger partial charge is 0.271 e. The van der Waals surface area contributed by atoms with Crippen LogP contribution in [0.15, 0.2) is 58.9 Å². The van der Waals surface area contributed by atoms with Crippen LogP contribution in [0.2, 0.25) is 0 Å². The van der Waals surface area contributed by atoms with E-state index in [-0.39, 0.29) is 24.2 Å². The molecule has 0 bridgehead atoms. The molecule has 26 heavy (non-hydrogen) atoms. The number of fused-ring (bicyclic) bond motifs is 1. The van der Waals surface area contributed by atoms with Crippen LogP contribution in [-0.2, 0) is 22.6 Å². The van der Waals surface area contributed by atoms with Gasteiger partial charge in [0.2, 0.25) is 0 Å². The molecule has 4 rings (SSSR count). The van der Waals surface area contributed by atoms with Crippen LogP contribution in [0.5, 0.6) is 0 Å². The molecule has 7 heteroatoms. The second-order valence-corrected chi connectivity index (χ2v) is 6.35. The second-order valence-electron chi connectivity index (χ2n) is 6.35. The Labute approximate surface area is 149 Å². The Kier molecular flexibility index (Phi) is 3.99. The quantitative estimate of drug-likeness (QED) is 0.795. The number of carbonyl (C=O) groups is 2. The second kappa shape index (κ2) is 6.33. The SMILES string of the molecule is CCc1ccc(N2C(=O)[C@@H]3[C@@H](N=NN3Cc3cccc(F)c3)C2=O)cc1. The Morgan fingerprint density at radius 1 is 1.04 bits per heavy atom. The van der Waals surface area contributed by atoms with E-state index in [9.17, 15) is 14.0 Å². The van der Waals surface area contributed by atoms with Gasteiger partial charge in [0, 0.05) is 0 Å². The number of benzene rings is 2. The van der Waals surface area contributed by atoms with Gasteiger partial charge >= 0.3 is 0 Å². The summed E-state index contributed by atoms with van der Waals surface area (Å²) in [7, 11) is 0. The molecule has 1 fully saturated rings. The summed E-state index contributed by atoms with van der Waals surface area (Å²) in [6.07, 6.45) is 0.878. The number of halogens is 1. The minimum atomic E-state index is -0.845. The molecule has 132 valence electrons.